The predicted octanol–water partition coefficient (Wildman–Crippen LogP) is 0.216. The van der Waals surface area contributed by atoms with E-state index in [4.69, 9.17) is 5.73 Å². The molecule has 1 rings (SSSR count). The summed E-state index contributed by atoms with van der Waals surface area (Å²) < 4.78 is 0. The summed E-state index contributed by atoms with van der Waals surface area (Å²) in [6, 6.07) is 0. The van der Waals surface area contributed by atoms with Crippen molar-refractivity contribution >= 4 is 35.6 Å². The Balaban J connectivity index is 0.00000289. The highest BCUT2D eigenvalue weighted by molar-refractivity contribution is 7.13. The highest BCUT2D eigenvalue weighted by Crippen LogP contribution is 2.26. The molecule has 0 bridgehead atoms. The van der Waals surface area contributed by atoms with E-state index in [-0.39, 0.29) is 23.2 Å². The molecule has 0 aromatic carbocycles. The number of primary amides is 1. The minimum Gasteiger partial charge on any atom is -0.392 e. The van der Waals surface area contributed by atoms with Crippen LogP contribution in [-0.2, 0) is 4.79 Å². The summed E-state index contributed by atoms with van der Waals surface area (Å²) >= 11 is 1.03. The number of aromatic nitrogens is 1. The molecule has 0 unspecified atom stereocenters. The molecule has 0 spiro atoms. The third-order valence-electron chi connectivity index (χ3n) is 2.22. The van der Waals surface area contributed by atoms with E-state index in [9.17, 15) is 14.7 Å². The van der Waals surface area contributed by atoms with Crippen LogP contribution in [0.3, 0.4) is 0 Å². The lowest BCUT2D eigenvalue weighted by atomic mass is 10.0. The molecular weight excluding hydrogens is 278 g/mol. The van der Waals surface area contributed by atoms with Crippen LogP contribution in [0.1, 0.15) is 27.5 Å². The number of carbonyl (C=O) groups excluding carboxylic acids is 2. The number of carbonyl (C=O) groups is 2. The number of nitrogens with two attached hydrogens (primary N) is 1. The average molecular weight is 294 g/mol. The number of aliphatic hydroxyl groups excluding tert-OH is 1. The molecule has 0 fully saturated rings. The Morgan fingerprint density at radius 3 is 2.39 bits per heavy atom. The van der Waals surface area contributed by atoms with E-state index in [0.29, 0.717) is 5.01 Å². The standard InChI is InChI=1S/C10H15N3O3S.ClH/c1-5(14)7(10(16)13(2)3)9-12-4-6(17-9)8(11)15;/h4-5,7,14H,1-3H3,(H2,11,15);1H/t5-,7+;/m0./s1. The number of nitrogens with zero attached hydrogens (tertiary/aromatic N) is 2. The number of thiazole rings is 1. The van der Waals surface area contributed by atoms with Crippen molar-refractivity contribution in [2.75, 3.05) is 14.1 Å². The van der Waals surface area contributed by atoms with Crippen LogP contribution in [0.4, 0.5) is 0 Å². The summed E-state index contributed by atoms with van der Waals surface area (Å²) in [6.45, 7) is 1.51. The third kappa shape index (κ3) is 3.66. The van der Waals surface area contributed by atoms with Crippen molar-refractivity contribution in [3.8, 4) is 0 Å². The quantitative estimate of drug-likeness (QED) is 0.830. The van der Waals surface area contributed by atoms with Gasteiger partial charge >= 0.3 is 0 Å². The van der Waals surface area contributed by atoms with Gasteiger partial charge in [-0.25, -0.2) is 4.98 Å². The molecule has 0 aliphatic heterocycles. The molecule has 2 atom stereocenters. The Bertz CT molecular complexity index is 434. The van der Waals surface area contributed by atoms with Crippen molar-refractivity contribution in [2.45, 2.75) is 18.9 Å². The summed E-state index contributed by atoms with van der Waals surface area (Å²) in [6.07, 6.45) is 0.442. The first-order valence-electron chi connectivity index (χ1n) is 4.99. The molecule has 0 saturated carbocycles. The Morgan fingerprint density at radius 1 is 1.50 bits per heavy atom. The number of likely N-dealkylation sites (N-methyl/N-ethyl adjacent to an activating group) is 1. The van der Waals surface area contributed by atoms with Crippen molar-refractivity contribution < 1.29 is 14.7 Å². The van der Waals surface area contributed by atoms with E-state index in [1.54, 1.807) is 14.1 Å². The van der Waals surface area contributed by atoms with Crippen LogP contribution in [0, 0.1) is 0 Å². The Kier molecular flexibility index (Phi) is 6.23. The predicted molar refractivity (Wildman–Crippen MR) is 71.0 cm³/mol. The zero-order valence-corrected chi connectivity index (χ0v) is 11.9. The normalized spacial score (nSPS) is 13.3. The number of rotatable bonds is 4. The van der Waals surface area contributed by atoms with Crippen LogP contribution in [0.2, 0.25) is 0 Å². The second kappa shape index (κ2) is 6.67. The number of halogens is 1. The van der Waals surface area contributed by atoms with E-state index in [0.717, 1.165) is 11.3 Å². The topological polar surface area (TPSA) is 96.5 Å². The van der Waals surface area contributed by atoms with Crippen LogP contribution in [0.15, 0.2) is 6.20 Å². The van der Waals surface area contributed by atoms with Crippen LogP contribution < -0.4 is 5.73 Å². The number of amides is 2. The zero-order valence-electron chi connectivity index (χ0n) is 10.3. The molecule has 0 saturated heterocycles. The molecule has 0 aliphatic rings. The molecule has 1 heterocycles. The monoisotopic (exact) mass is 293 g/mol. The van der Waals surface area contributed by atoms with Gasteiger partial charge in [-0.3, -0.25) is 9.59 Å². The minimum atomic E-state index is -0.878. The van der Waals surface area contributed by atoms with E-state index in [1.807, 2.05) is 0 Å². The molecule has 0 aliphatic carbocycles. The van der Waals surface area contributed by atoms with Gasteiger partial charge in [-0.05, 0) is 6.92 Å². The second-order valence-corrected chi connectivity index (χ2v) is 4.94. The van der Waals surface area contributed by atoms with E-state index in [1.165, 1.54) is 18.0 Å². The summed E-state index contributed by atoms with van der Waals surface area (Å²) in [5, 5.41) is 10.0. The summed E-state index contributed by atoms with van der Waals surface area (Å²) in [7, 11) is 3.20. The Labute approximate surface area is 115 Å². The number of hydrogen-bond acceptors (Lipinski definition) is 5. The number of hydrogen-bond donors (Lipinski definition) is 2. The summed E-state index contributed by atoms with van der Waals surface area (Å²) in [5.74, 6) is -1.61. The van der Waals surface area contributed by atoms with Crippen molar-refractivity contribution in [1.29, 1.82) is 0 Å². The van der Waals surface area contributed by atoms with Gasteiger partial charge in [0.2, 0.25) is 5.91 Å². The lowest BCUT2D eigenvalue weighted by molar-refractivity contribution is -0.132. The molecule has 102 valence electrons. The maximum absolute atomic E-state index is 11.9. The Morgan fingerprint density at radius 2 is 2.06 bits per heavy atom. The van der Waals surface area contributed by atoms with Gasteiger partial charge < -0.3 is 15.7 Å². The number of aliphatic hydroxyl groups is 1. The molecule has 2 amide bonds. The van der Waals surface area contributed by atoms with E-state index >= 15 is 0 Å². The minimum absolute atomic E-state index is 0. The Hall–Kier alpha value is -1.18. The highest BCUT2D eigenvalue weighted by Gasteiger charge is 2.30. The lowest BCUT2D eigenvalue weighted by Crippen LogP contribution is -2.33. The van der Waals surface area contributed by atoms with Gasteiger partial charge in [0.25, 0.3) is 5.91 Å². The van der Waals surface area contributed by atoms with Crippen molar-refractivity contribution in [1.82, 2.24) is 9.88 Å². The molecule has 6 nitrogen and oxygen atoms in total. The van der Waals surface area contributed by atoms with Gasteiger partial charge in [-0.15, -0.1) is 23.7 Å². The first-order valence-corrected chi connectivity index (χ1v) is 5.81. The van der Waals surface area contributed by atoms with E-state index in [2.05, 4.69) is 4.98 Å². The fraction of sp³-hybridized carbons (Fsp3) is 0.500. The van der Waals surface area contributed by atoms with Gasteiger partial charge in [-0.1, -0.05) is 0 Å². The van der Waals surface area contributed by atoms with Crippen LogP contribution in [0.5, 0.6) is 0 Å². The van der Waals surface area contributed by atoms with Gasteiger partial charge in [0.15, 0.2) is 0 Å². The van der Waals surface area contributed by atoms with Gasteiger partial charge in [-0.2, -0.15) is 0 Å². The highest BCUT2D eigenvalue weighted by atomic mass is 35.5. The smallest absolute Gasteiger partial charge is 0.260 e. The summed E-state index contributed by atoms with van der Waals surface area (Å²) in [4.78, 5) is 28.5. The maximum Gasteiger partial charge on any atom is 0.260 e. The average Bonchev–Trinajstić information content (AvgIpc) is 2.66. The van der Waals surface area contributed by atoms with Crippen LogP contribution in [-0.4, -0.2) is 47.0 Å². The molecular formula is C10H16ClN3O3S. The fourth-order valence-corrected chi connectivity index (χ4v) is 2.30. The maximum atomic E-state index is 11.9. The fourth-order valence-electron chi connectivity index (χ4n) is 1.34. The summed E-state index contributed by atoms with van der Waals surface area (Å²) in [5.41, 5.74) is 5.11. The first kappa shape index (κ1) is 16.8. The van der Waals surface area contributed by atoms with Crippen LogP contribution in [0.25, 0.3) is 0 Å². The zero-order chi connectivity index (χ0) is 13.2. The lowest BCUT2D eigenvalue weighted by Gasteiger charge is -2.20. The van der Waals surface area contributed by atoms with Crippen molar-refractivity contribution in [3.63, 3.8) is 0 Å². The molecule has 1 aromatic heterocycles. The molecule has 8 heteroatoms. The second-order valence-electron chi connectivity index (χ2n) is 3.88. The largest absolute Gasteiger partial charge is 0.392 e. The van der Waals surface area contributed by atoms with Gasteiger partial charge in [0.05, 0.1) is 12.3 Å². The van der Waals surface area contributed by atoms with Crippen LogP contribution >= 0.6 is 23.7 Å². The molecule has 0 radical (unpaired) electrons. The van der Waals surface area contributed by atoms with Gasteiger partial charge in [0.1, 0.15) is 15.8 Å². The third-order valence-corrected chi connectivity index (χ3v) is 3.32. The molecule has 18 heavy (non-hydrogen) atoms. The van der Waals surface area contributed by atoms with Crippen molar-refractivity contribution in [3.05, 3.63) is 16.1 Å². The van der Waals surface area contributed by atoms with E-state index < -0.39 is 17.9 Å². The SMILES string of the molecule is C[C@H](O)[C@@H](C(=O)N(C)C)c1ncc(C(N)=O)s1.Cl. The van der Waals surface area contributed by atoms with Gasteiger partial charge in [0, 0.05) is 14.1 Å². The molecule has 3 N–H and O–H groups in total. The first-order chi connectivity index (χ1) is 7.84. The molecule has 1 aromatic rings. The van der Waals surface area contributed by atoms with Crippen molar-refractivity contribution in [2.24, 2.45) is 5.73 Å².